The molecular weight excluding hydrogens is 388 g/mol. The van der Waals surface area contributed by atoms with Crippen molar-refractivity contribution in [3.05, 3.63) is 69.7 Å². The van der Waals surface area contributed by atoms with Crippen molar-refractivity contribution in [3.8, 4) is 10.6 Å². The Labute approximate surface area is 162 Å². The molecule has 0 spiro atoms. The fraction of sp³-hybridized carbons (Fsp3) is 0.211. The van der Waals surface area contributed by atoms with E-state index in [0.29, 0.717) is 22.9 Å². The highest BCUT2D eigenvalue weighted by molar-refractivity contribution is 7.89. The van der Waals surface area contributed by atoms with E-state index in [9.17, 15) is 8.42 Å². The third-order valence-electron chi connectivity index (χ3n) is 4.16. The van der Waals surface area contributed by atoms with Crippen LogP contribution in [0.2, 0.25) is 5.02 Å². The molecule has 0 unspecified atom stereocenters. The van der Waals surface area contributed by atoms with Crippen LogP contribution in [0.4, 0.5) is 0 Å². The quantitative estimate of drug-likeness (QED) is 0.650. The van der Waals surface area contributed by atoms with Gasteiger partial charge in [0.15, 0.2) is 0 Å². The van der Waals surface area contributed by atoms with Gasteiger partial charge in [0.05, 0.1) is 10.6 Å². The Kier molecular flexibility index (Phi) is 5.77. The molecule has 0 saturated carbocycles. The second kappa shape index (κ2) is 7.88. The zero-order valence-electron chi connectivity index (χ0n) is 14.5. The van der Waals surface area contributed by atoms with Crippen molar-refractivity contribution in [1.29, 1.82) is 0 Å². The van der Waals surface area contributed by atoms with Crippen molar-refractivity contribution in [2.75, 3.05) is 6.54 Å². The van der Waals surface area contributed by atoms with E-state index in [2.05, 4.69) is 9.71 Å². The summed E-state index contributed by atoms with van der Waals surface area (Å²) in [6, 6.07) is 12.8. The number of benzene rings is 2. The van der Waals surface area contributed by atoms with Gasteiger partial charge in [-0.3, -0.25) is 0 Å². The third kappa shape index (κ3) is 4.32. The number of hydrogen-bond donors (Lipinski definition) is 1. The second-order valence-electron chi connectivity index (χ2n) is 6.00. The molecule has 1 aromatic heterocycles. The number of nitrogens with zero attached hydrogens (tertiary/aromatic N) is 1. The molecule has 26 heavy (non-hydrogen) atoms. The number of halogens is 1. The summed E-state index contributed by atoms with van der Waals surface area (Å²) in [5.74, 6) is 0. The zero-order valence-corrected chi connectivity index (χ0v) is 16.9. The standard InChI is InChI=1S/C19H19ClN2O2S2/c1-13-4-3-5-18(14(13)2)26(23,24)21-11-10-17-12-25-19(22-17)15-6-8-16(20)9-7-15/h3-9,12,21H,10-11H2,1-2H3. The average molecular weight is 407 g/mol. The largest absolute Gasteiger partial charge is 0.241 e. The summed E-state index contributed by atoms with van der Waals surface area (Å²) in [5.41, 5.74) is 3.60. The minimum Gasteiger partial charge on any atom is -0.241 e. The van der Waals surface area contributed by atoms with Gasteiger partial charge in [-0.1, -0.05) is 35.9 Å². The number of hydrogen-bond acceptors (Lipinski definition) is 4. The topological polar surface area (TPSA) is 59.1 Å². The van der Waals surface area contributed by atoms with Gasteiger partial charge in [-0.25, -0.2) is 18.1 Å². The van der Waals surface area contributed by atoms with Crippen molar-refractivity contribution in [3.63, 3.8) is 0 Å². The smallest absolute Gasteiger partial charge is 0.240 e. The molecule has 0 amide bonds. The molecule has 0 bridgehead atoms. The van der Waals surface area contributed by atoms with E-state index in [0.717, 1.165) is 27.4 Å². The molecule has 7 heteroatoms. The summed E-state index contributed by atoms with van der Waals surface area (Å²) in [5, 5.41) is 3.54. The summed E-state index contributed by atoms with van der Waals surface area (Å²) < 4.78 is 27.7. The van der Waals surface area contributed by atoms with Crippen molar-refractivity contribution >= 4 is 33.0 Å². The highest BCUT2D eigenvalue weighted by atomic mass is 35.5. The number of aryl methyl sites for hydroxylation is 1. The molecular formula is C19H19ClN2O2S2. The van der Waals surface area contributed by atoms with E-state index in [4.69, 9.17) is 11.6 Å². The maximum atomic E-state index is 12.5. The summed E-state index contributed by atoms with van der Waals surface area (Å²) in [4.78, 5) is 4.91. The highest BCUT2D eigenvalue weighted by Gasteiger charge is 2.17. The van der Waals surface area contributed by atoms with Crippen LogP contribution in [0.1, 0.15) is 16.8 Å². The first-order valence-electron chi connectivity index (χ1n) is 8.13. The maximum Gasteiger partial charge on any atom is 0.240 e. The molecule has 2 aromatic carbocycles. The van der Waals surface area contributed by atoms with Crippen LogP contribution in [0.3, 0.4) is 0 Å². The molecule has 0 aliphatic rings. The molecule has 0 aliphatic heterocycles. The molecule has 0 saturated heterocycles. The SMILES string of the molecule is Cc1cccc(S(=O)(=O)NCCc2csc(-c3ccc(Cl)cc3)n2)c1C. The van der Waals surface area contributed by atoms with Gasteiger partial charge in [0.25, 0.3) is 0 Å². The Morgan fingerprint density at radius 2 is 1.85 bits per heavy atom. The molecule has 0 aliphatic carbocycles. The number of sulfonamides is 1. The fourth-order valence-corrected chi connectivity index (χ4v) is 4.89. The van der Waals surface area contributed by atoms with Crippen molar-refractivity contribution in [1.82, 2.24) is 9.71 Å². The van der Waals surface area contributed by atoms with Crippen LogP contribution in [0.25, 0.3) is 10.6 Å². The lowest BCUT2D eigenvalue weighted by molar-refractivity contribution is 0.580. The van der Waals surface area contributed by atoms with E-state index in [-0.39, 0.29) is 0 Å². The summed E-state index contributed by atoms with van der Waals surface area (Å²) in [6.45, 7) is 4.03. The minimum atomic E-state index is -3.52. The van der Waals surface area contributed by atoms with Gasteiger partial charge < -0.3 is 0 Å². The van der Waals surface area contributed by atoms with Gasteiger partial charge in [-0.2, -0.15) is 0 Å². The lowest BCUT2D eigenvalue weighted by Crippen LogP contribution is -2.26. The molecule has 0 atom stereocenters. The van der Waals surface area contributed by atoms with Gasteiger partial charge in [0.2, 0.25) is 10.0 Å². The van der Waals surface area contributed by atoms with Crippen LogP contribution in [0, 0.1) is 13.8 Å². The number of aromatic nitrogens is 1. The first-order chi connectivity index (χ1) is 12.4. The molecule has 136 valence electrons. The fourth-order valence-electron chi connectivity index (χ4n) is 2.55. The van der Waals surface area contributed by atoms with Gasteiger partial charge in [0.1, 0.15) is 5.01 Å². The molecule has 0 fully saturated rings. The van der Waals surface area contributed by atoms with Crippen molar-refractivity contribution < 1.29 is 8.42 Å². The highest BCUT2D eigenvalue weighted by Crippen LogP contribution is 2.25. The van der Waals surface area contributed by atoms with Gasteiger partial charge >= 0.3 is 0 Å². The lowest BCUT2D eigenvalue weighted by atomic mass is 10.1. The normalized spacial score (nSPS) is 11.7. The van der Waals surface area contributed by atoms with Gasteiger partial charge in [-0.05, 0) is 43.2 Å². The Hall–Kier alpha value is -1.73. The van der Waals surface area contributed by atoms with E-state index < -0.39 is 10.0 Å². The summed E-state index contributed by atoms with van der Waals surface area (Å²) in [6.07, 6.45) is 0.536. The van der Waals surface area contributed by atoms with E-state index in [1.807, 2.05) is 49.6 Å². The Morgan fingerprint density at radius 3 is 2.58 bits per heavy atom. The lowest BCUT2D eigenvalue weighted by Gasteiger charge is -2.10. The van der Waals surface area contributed by atoms with E-state index in [1.54, 1.807) is 12.1 Å². The van der Waals surface area contributed by atoms with Crippen LogP contribution in [0.5, 0.6) is 0 Å². The van der Waals surface area contributed by atoms with E-state index >= 15 is 0 Å². The Morgan fingerprint density at radius 1 is 1.12 bits per heavy atom. The molecule has 1 N–H and O–H groups in total. The Balaban J connectivity index is 1.65. The molecule has 0 radical (unpaired) electrons. The second-order valence-corrected chi connectivity index (χ2v) is 9.03. The monoisotopic (exact) mass is 406 g/mol. The molecule has 4 nitrogen and oxygen atoms in total. The number of nitrogens with one attached hydrogen (secondary N) is 1. The maximum absolute atomic E-state index is 12.5. The van der Waals surface area contributed by atoms with Crippen molar-refractivity contribution in [2.45, 2.75) is 25.2 Å². The van der Waals surface area contributed by atoms with Crippen molar-refractivity contribution in [2.24, 2.45) is 0 Å². The minimum absolute atomic E-state index is 0.305. The van der Waals surface area contributed by atoms with Crippen LogP contribution in [0.15, 0.2) is 52.7 Å². The molecule has 3 aromatic rings. The van der Waals surface area contributed by atoms with E-state index in [1.165, 1.54) is 11.3 Å². The van der Waals surface area contributed by atoms with Gasteiger partial charge in [-0.15, -0.1) is 11.3 Å². The summed E-state index contributed by atoms with van der Waals surface area (Å²) in [7, 11) is -3.52. The number of rotatable bonds is 6. The molecule has 3 rings (SSSR count). The van der Waals surface area contributed by atoms with Crippen LogP contribution in [-0.2, 0) is 16.4 Å². The van der Waals surface area contributed by atoms with Crippen LogP contribution in [-0.4, -0.2) is 19.9 Å². The third-order valence-corrected chi connectivity index (χ3v) is 6.96. The summed E-state index contributed by atoms with van der Waals surface area (Å²) >= 11 is 7.44. The predicted molar refractivity (Wildman–Crippen MR) is 107 cm³/mol. The first-order valence-corrected chi connectivity index (χ1v) is 10.9. The Bertz CT molecular complexity index is 1010. The van der Waals surface area contributed by atoms with Gasteiger partial charge in [0, 0.05) is 28.9 Å². The predicted octanol–water partition coefficient (Wildman–Crippen LogP) is 4.60. The van der Waals surface area contributed by atoms with Crippen LogP contribution < -0.4 is 4.72 Å². The first kappa shape index (κ1) is 19.0. The average Bonchev–Trinajstić information content (AvgIpc) is 3.06. The number of thiazole rings is 1. The van der Waals surface area contributed by atoms with Crippen LogP contribution >= 0.6 is 22.9 Å². The zero-order chi connectivity index (χ0) is 18.7. The molecule has 1 heterocycles.